The third kappa shape index (κ3) is 36.6. The Morgan fingerprint density at radius 3 is 1.41 bits per heavy atom. The normalized spacial score (nSPS) is 12.6. The Morgan fingerprint density at radius 2 is 0.913 bits per heavy atom. The van der Waals surface area contributed by atoms with E-state index in [1.807, 2.05) is 0 Å². The summed E-state index contributed by atoms with van der Waals surface area (Å²) in [7, 11) is 0. The van der Waals surface area contributed by atoms with E-state index in [1.165, 1.54) is 122 Å². The van der Waals surface area contributed by atoms with Gasteiger partial charge in [-0.25, -0.2) is 0 Å². The van der Waals surface area contributed by atoms with Gasteiger partial charge in [-0.1, -0.05) is 166 Å². The maximum absolute atomic E-state index is 12.6. The number of hydrogen-bond acceptors (Lipinski definition) is 3. The molecule has 0 aliphatic rings. The van der Waals surface area contributed by atoms with Gasteiger partial charge in [0.1, 0.15) is 6.10 Å². The van der Waals surface area contributed by atoms with E-state index >= 15 is 0 Å². The van der Waals surface area contributed by atoms with Crippen molar-refractivity contribution in [2.24, 2.45) is 0 Å². The quantitative estimate of drug-likeness (QED) is 0.0419. The van der Waals surface area contributed by atoms with E-state index in [0.717, 1.165) is 64.2 Å². The molecule has 1 atom stereocenters. The molecule has 0 fully saturated rings. The summed E-state index contributed by atoms with van der Waals surface area (Å²) in [4.78, 5) is 23.1. The van der Waals surface area contributed by atoms with Crippen LogP contribution in [0, 0.1) is 0 Å². The van der Waals surface area contributed by atoms with Gasteiger partial charge in [0.2, 0.25) is 0 Å². The predicted molar refractivity (Wildman–Crippen MR) is 199 cm³/mol. The smallest absolute Gasteiger partial charge is 0.306 e. The number of ether oxygens (including phenoxy) is 1. The number of unbranched alkanes of at least 4 members (excludes halogenated alkanes) is 21. The number of carboxylic acids is 1. The molecule has 268 valence electrons. The first-order valence-electron chi connectivity index (χ1n) is 20.0. The largest absolute Gasteiger partial charge is 0.481 e. The summed E-state index contributed by atoms with van der Waals surface area (Å²) in [6.45, 7) is 4.40. The second kappa shape index (κ2) is 37.6. The molecule has 1 unspecified atom stereocenters. The van der Waals surface area contributed by atoms with Crippen LogP contribution in [0.15, 0.2) is 36.5 Å². The fraction of sp³-hybridized carbons (Fsp3) is 0.810. The van der Waals surface area contributed by atoms with Crippen LogP contribution in [0.3, 0.4) is 0 Å². The van der Waals surface area contributed by atoms with E-state index in [2.05, 4.69) is 50.3 Å². The molecule has 4 nitrogen and oxygen atoms in total. The van der Waals surface area contributed by atoms with Crippen LogP contribution in [0.1, 0.15) is 213 Å². The molecular formula is C42H76O4. The zero-order valence-electron chi connectivity index (χ0n) is 30.6. The molecular weight excluding hydrogens is 568 g/mol. The van der Waals surface area contributed by atoms with Crippen molar-refractivity contribution in [3.05, 3.63) is 36.5 Å². The summed E-state index contributed by atoms with van der Waals surface area (Å²) >= 11 is 0. The lowest BCUT2D eigenvalue weighted by atomic mass is 10.0. The molecule has 0 spiro atoms. The minimum absolute atomic E-state index is 0.0265. The van der Waals surface area contributed by atoms with E-state index in [0.29, 0.717) is 12.8 Å². The first kappa shape index (κ1) is 44.2. The molecule has 0 radical (unpaired) electrons. The monoisotopic (exact) mass is 645 g/mol. The van der Waals surface area contributed by atoms with Crippen LogP contribution in [-0.2, 0) is 14.3 Å². The van der Waals surface area contributed by atoms with E-state index in [1.54, 1.807) is 0 Å². The van der Waals surface area contributed by atoms with E-state index < -0.39 is 5.97 Å². The molecule has 0 saturated heterocycles. The van der Waals surface area contributed by atoms with Gasteiger partial charge in [0, 0.05) is 12.8 Å². The fourth-order valence-corrected chi connectivity index (χ4v) is 5.96. The Balaban J connectivity index is 3.71. The van der Waals surface area contributed by atoms with Crippen molar-refractivity contribution in [1.82, 2.24) is 0 Å². The molecule has 0 heterocycles. The molecule has 0 aliphatic carbocycles. The third-order valence-electron chi connectivity index (χ3n) is 8.88. The van der Waals surface area contributed by atoms with Crippen molar-refractivity contribution in [2.45, 2.75) is 219 Å². The lowest BCUT2D eigenvalue weighted by Crippen LogP contribution is -2.18. The molecule has 0 aromatic rings. The van der Waals surface area contributed by atoms with Gasteiger partial charge in [-0.05, 0) is 70.6 Å². The molecule has 4 heteroatoms. The minimum atomic E-state index is -0.673. The number of rotatable bonds is 36. The number of allylic oxidation sites excluding steroid dienone is 6. The average molecular weight is 645 g/mol. The summed E-state index contributed by atoms with van der Waals surface area (Å²) in [6.07, 6.45) is 49.2. The number of aliphatic carboxylic acids is 1. The van der Waals surface area contributed by atoms with Crippen molar-refractivity contribution in [1.29, 1.82) is 0 Å². The van der Waals surface area contributed by atoms with Crippen molar-refractivity contribution in [2.75, 3.05) is 0 Å². The summed E-state index contributed by atoms with van der Waals surface area (Å²) in [5, 5.41) is 8.69. The fourth-order valence-electron chi connectivity index (χ4n) is 5.96. The molecule has 46 heavy (non-hydrogen) atoms. The van der Waals surface area contributed by atoms with Crippen molar-refractivity contribution in [3.63, 3.8) is 0 Å². The first-order valence-corrected chi connectivity index (χ1v) is 20.0. The van der Waals surface area contributed by atoms with Gasteiger partial charge < -0.3 is 9.84 Å². The molecule has 0 saturated carbocycles. The Hall–Kier alpha value is -1.84. The third-order valence-corrected chi connectivity index (χ3v) is 8.88. The lowest BCUT2D eigenvalue weighted by molar-refractivity contribution is -0.150. The maximum Gasteiger partial charge on any atom is 0.306 e. The van der Waals surface area contributed by atoms with Crippen LogP contribution >= 0.6 is 0 Å². The van der Waals surface area contributed by atoms with Crippen LogP contribution in [0.5, 0.6) is 0 Å². The summed E-state index contributed by atoms with van der Waals surface area (Å²) in [5.74, 6) is -0.646. The van der Waals surface area contributed by atoms with E-state index in [9.17, 15) is 9.59 Å². The van der Waals surface area contributed by atoms with Crippen molar-refractivity contribution < 1.29 is 19.4 Å². The number of esters is 1. The Morgan fingerprint density at radius 1 is 0.500 bits per heavy atom. The maximum atomic E-state index is 12.6. The molecule has 1 N–H and O–H groups in total. The highest BCUT2D eigenvalue weighted by atomic mass is 16.5. The van der Waals surface area contributed by atoms with Gasteiger partial charge in [-0.15, -0.1) is 0 Å². The number of carboxylic acid groups (broad SMARTS) is 1. The molecule has 0 rings (SSSR count). The van der Waals surface area contributed by atoms with Crippen LogP contribution in [0.25, 0.3) is 0 Å². The minimum Gasteiger partial charge on any atom is -0.481 e. The molecule has 0 aromatic heterocycles. The Kier molecular flexibility index (Phi) is 36.1. The number of hydrogen-bond donors (Lipinski definition) is 1. The van der Waals surface area contributed by atoms with Gasteiger partial charge in [0.25, 0.3) is 0 Å². The topological polar surface area (TPSA) is 63.6 Å². The van der Waals surface area contributed by atoms with Crippen LogP contribution < -0.4 is 0 Å². The Bertz CT molecular complexity index is 738. The second-order valence-electron chi connectivity index (χ2n) is 13.4. The van der Waals surface area contributed by atoms with Gasteiger partial charge in [-0.3, -0.25) is 9.59 Å². The van der Waals surface area contributed by atoms with Gasteiger partial charge in [-0.2, -0.15) is 0 Å². The average Bonchev–Trinajstić information content (AvgIpc) is 3.04. The number of carbonyl (C=O) groups excluding carboxylic acids is 1. The highest BCUT2D eigenvalue weighted by Crippen LogP contribution is 2.18. The molecule has 0 aliphatic heterocycles. The molecule has 0 bridgehead atoms. The summed E-state index contributed by atoms with van der Waals surface area (Å²) in [5.41, 5.74) is 0. The van der Waals surface area contributed by atoms with Crippen molar-refractivity contribution in [3.8, 4) is 0 Å². The second-order valence-corrected chi connectivity index (χ2v) is 13.4. The zero-order chi connectivity index (χ0) is 33.6. The van der Waals surface area contributed by atoms with Crippen LogP contribution in [0.4, 0.5) is 0 Å². The number of carbonyl (C=O) groups is 2. The first-order chi connectivity index (χ1) is 22.6. The highest BCUT2D eigenvalue weighted by molar-refractivity contribution is 5.69. The lowest BCUT2D eigenvalue weighted by Gasteiger charge is -2.18. The van der Waals surface area contributed by atoms with E-state index in [-0.39, 0.29) is 12.1 Å². The van der Waals surface area contributed by atoms with E-state index in [4.69, 9.17) is 9.84 Å². The summed E-state index contributed by atoms with van der Waals surface area (Å²) < 4.78 is 5.97. The zero-order valence-corrected chi connectivity index (χ0v) is 30.6. The van der Waals surface area contributed by atoms with Crippen LogP contribution in [-0.4, -0.2) is 23.1 Å². The SMILES string of the molecule is CC/C=C\C/C=C\C/C=C\CCCCCCCCCCCC(=O)OC(CCCCC)CCCCCCCCCCCCCC(=O)O. The summed E-state index contributed by atoms with van der Waals surface area (Å²) in [6, 6.07) is 0. The van der Waals surface area contributed by atoms with Crippen LogP contribution in [0.2, 0.25) is 0 Å². The van der Waals surface area contributed by atoms with Gasteiger partial charge in [0.15, 0.2) is 0 Å². The Labute approximate surface area is 286 Å². The van der Waals surface area contributed by atoms with Gasteiger partial charge in [0.05, 0.1) is 0 Å². The predicted octanol–water partition coefficient (Wildman–Crippen LogP) is 13.8. The molecule has 0 aromatic carbocycles. The highest BCUT2D eigenvalue weighted by Gasteiger charge is 2.14. The molecule has 0 amide bonds. The standard InChI is InChI=1S/C42H76O4/c1-3-5-7-8-9-10-11-12-13-14-15-16-17-18-22-25-28-31-35-39-42(45)46-40(36-32-6-4-2)37-33-29-26-23-20-19-21-24-27-30-34-38-41(43)44/h5,7,9-10,12-13,40H,3-4,6,8,11,14-39H2,1-2H3,(H,43,44)/b7-5-,10-9-,13-12-. The van der Waals surface area contributed by atoms with Crippen molar-refractivity contribution >= 4 is 11.9 Å². The van der Waals surface area contributed by atoms with Gasteiger partial charge >= 0.3 is 11.9 Å².